The number of piperazine rings is 1. The Morgan fingerprint density at radius 2 is 1.53 bits per heavy atom. The Bertz CT molecular complexity index is 2550. The number of hydrazone groups is 1. The number of hydrogen-bond donors (Lipinski definition) is 6. The van der Waals surface area contributed by atoms with E-state index in [9.17, 15) is 44.7 Å². The Morgan fingerprint density at radius 3 is 2.15 bits per heavy atom. The normalized spacial score (nSPS) is 30.5. The molecule has 5 bridgehead atoms. The number of methoxy groups -OCH3 is 1. The molecule has 3 aromatic rings. The predicted octanol–water partition coefficient (Wildman–Crippen LogP) is 6.32. The number of aliphatic hydroxyl groups is 2. The first-order chi connectivity index (χ1) is 32.0. The third-order valence-corrected chi connectivity index (χ3v) is 13.5. The van der Waals surface area contributed by atoms with Crippen LogP contribution in [0.4, 0.5) is 5.69 Å². The predicted molar refractivity (Wildman–Crippen MR) is 255 cm³/mol. The molecule has 11 unspecified atom stereocenters. The van der Waals surface area contributed by atoms with E-state index in [1.807, 2.05) is 19.9 Å². The van der Waals surface area contributed by atoms with Crippen LogP contribution in [0, 0.1) is 30.6 Å². The van der Waals surface area contributed by atoms with Crippen LogP contribution < -0.4 is 10.1 Å². The molecule has 0 spiro atoms. The number of benzene rings is 3. The number of carbonyl (C=O) groups is 4. The van der Waals surface area contributed by atoms with Gasteiger partial charge in [0.25, 0.3) is 17.6 Å². The summed E-state index contributed by atoms with van der Waals surface area (Å²) in [5.41, 5.74) is -0.0701. The molecular weight excluding hydrogens is 877 g/mol. The molecule has 68 heavy (non-hydrogen) atoms. The Hall–Kier alpha value is -6.43. The fraction of sp³-hybridized carbons (Fsp3) is 0.471. The van der Waals surface area contributed by atoms with E-state index >= 15 is 0 Å². The maximum Gasteiger partial charge on any atom is 0.312 e. The van der Waals surface area contributed by atoms with Crippen molar-refractivity contribution >= 4 is 46.2 Å². The second kappa shape index (κ2) is 20.4. The molecule has 11 atom stereocenters. The molecule has 4 aliphatic heterocycles. The smallest absolute Gasteiger partial charge is 0.312 e. The maximum atomic E-state index is 14.6. The van der Waals surface area contributed by atoms with E-state index in [1.54, 1.807) is 74.0 Å². The van der Waals surface area contributed by atoms with E-state index in [-0.39, 0.29) is 75.6 Å². The highest BCUT2D eigenvalue weighted by Crippen LogP contribution is 2.55. The van der Waals surface area contributed by atoms with Gasteiger partial charge in [0.05, 0.1) is 66.1 Å². The van der Waals surface area contributed by atoms with E-state index in [2.05, 4.69) is 10.4 Å². The first kappa shape index (κ1) is 51.0. The summed E-state index contributed by atoms with van der Waals surface area (Å²) in [6.45, 7) is 16.8. The lowest BCUT2D eigenvalue weighted by atomic mass is 9.78. The molecule has 0 aromatic heterocycles. The molecule has 3 aromatic carbocycles. The van der Waals surface area contributed by atoms with Gasteiger partial charge < -0.3 is 54.7 Å². The molecule has 17 nitrogen and oxygen atoms in total. The molecule has 7 rings (SSSR count). The van der Waals surface area contributed by atoms with Crippen molar-refractivity contribution in [3.63, 3.8) is 0 Å². The monoisotopic (exact) mass is 940 g/mol. The van der Waals surface area contributed by atoms with Gasteiger partial charge in [-0.15, -0.1) is 0 Å². The zero-order chi connectivity index (χ0) is 50.1. The number of nitrogens with one attached hydrogen (secondary N) is 1. The summed E-state index contributed by atoms with van der Waals surface area (Å²) >= 11 is 0. The molecule has 1 fully saturated rings. The van der Waals surface area contributed by atoms with Crippen molar-refractivity contribution in [3.8, 4) is 23.0 Å². The number of allylic oxidation sites excluding steroid dienone is 2. The third-order valence-electron chi connectivity index (χ3n) is 13.5. The number of carbonyl (C=O) groups excluding carboxylic acids is 4. The highest BCUT2D eigenvalue weighted by molar-refractivity contribution is 6.24. The summed E-state index contributed by atoms with van der Waals surface area (Å²) in [6, 6.07) is 8.30. The van der Waals surface area contributed by atoms with Crippen LogP contribution in [-0.2, 0) is 23.8 Å². The Balaban J connectivity index is 1.48. The maximum absolute atomic E-state index is 14.6. The van der Waals surface area contributed by atoms with Gasteiger partial charge >= 0.3 is 11.8 Å². The number of Topliss-reactive ketones (excluding diaryl/α,β-unsaturated/α-hetero) is 1. The molecule has 2 amide bonds. The fourth-order valence-electron chi connectivity index (χ4n) is 9.53. The summed E-state index contributed by atoms with van der Waals surface area (Å²) in [5.74, 6) is -8.94. The number of ether oxygens (including phenoxy) is 4. The Labute approximate surface area is 396 Å². The van der Waals surface area contributed by atoms with Crippen LogP contribution >= 0.6 is 0 Å². The van der Waals surface area contributed by atoms with Crippen molar-refractivity contribution in [2.75, 3.05) is 25.5 Å². The molecule has 4 heterocycles. The average Bonchev–Trinajstić information content (AvgIpc) is 3.56. The Morgan fingerprint density at radius 1 is 0.882 bits per heavy atom. The van der Waals surface area contributed by atoms with Crippen molar-refractivity contribution in [1.82, 2.24) is 9.91 Å². The first-order valence-electron chi connectivity index (χ1n) is 22.8. The second-order valence-corrected chi connectivity index (χ2v) is 18.5. The van der Waals surface area contributed by atoms with Crippen LogP contribution in [0.25, 0.3) is 10.8 Å². The average molecular weight is 941 g/mol. The number of fused-ring (bicyclic) bond motifs is 14. The number of amides is 2. The summed E-state index contributed by atoms with van der Waals surface area (Å²) < 4.78 is 23.7. The largest absolute Gasteiger partial charge is 0.507 e. The standard InChI is InChI=1S/C51H64N4O13/c1-25-16-15-17-26(2)49(63)53-40-35(22-52-54-23-27(3)55(28(4)24-54)50(64)34-18-13-12-14-19-34)44(60)37-38(45(40)61)43(59)32(8)47-39(37)48(62)51(10,68-47)66-21-20-36(65-11)29(5)46(67-33(9)56)31(7)42(58)30(6)41(25)57/h12-22,25,27-31,36,41-42,46,57-61H,23-24H2,1-11H3,(H,53,63)/b16-15+,21-20+,26-17?,52-22+. The number of ketones is 1. The highest BCUT2D eigenvalue weighted by Gasteiger charge is 2.50. The van der Waals surface area contributed by atoms with Gasteiger partial charge in [0.2, 0.25) is 0 Å². The minimum absolute atomic E-state index is 0.0221. The van der Waals surface area contributed by atoms with Crippen molar-refractivity contribution < 1.29 is 63.7 Å². The number of hydrogen-bond acceptors (Lipinski definition) is 15. The zero-order valence-electron chi connectivity index (χ0n) is 40.4. The summed E-state index contributed by atoms with van der Waals surface area (Å²) in [4.78, 5) is 56.3. The van der Waals surface area contributed by atoms with Gasteiger partial charge in [-0.25, -0.2) is 0 Å². The van der Waals surface area contributed by atoms with Crippen LogP contribution in [0.15, 0.2) is 71.6 Å². The topological polar surface area (TPSA) is 237 Å². The van der Waals surface area contributed by atoms with Gasteiger partial charge in [-0.05, 0) is 45.9 Å². The van der Waals surface area contributed by atoms with E-state index < -0.39 is 88.8 Å². The number of nitrogens with zero attached hydrogens (tertiary/aromatic N) is 3. The zero-order valence-corrected chi connectivity index (χ0v) is 40.4. The number of aromatic hydroxyl groups is 3. The van der Waals surface area contributed by atoms with E-state index in [0.29, 0.717) is 5.56 Å². The van der Waals surface area contributed by atoms with Crippen LogP contribution in [-0.4, -0.2) is 128 Å². The number of anilines is 1. The van der Waals surface area contributed by atoms with Crippen LogP contribution in [0.5, 0.6) is 23.0 Å². The minimum Gasteiger partial charge on any atom is -0.507 e. The quantitative estimate of drug-likeness (QED) is 0.0711. The number of rotatable bonds is 5. The van der Waals surface area contributed by atoms with Crippen molar-refractivity contribution in [2.24, 2.45) is 28.8 Å². The molecule has 366 valence electrons. The van der Waals surface area contributed by atoms with E-state index in [0.717, 1.165) is 0 Å². The summed E-state index contributed by atoms with van der Waals surface area (Å²) in [7, 11) is 1.43. The minimum atomic E-state index is -2.09. The van der Waals surface area contributed by atoms with Gasteiger partial charge in [-0.3, -0.25) is 24.2 Å². The first-order valence-corrected chi connectivity index (χ1v) is 22.8. The fourth-order valence-corrected chi connectivity index (χ4v) is 9.53. The van der Waals surface area contributed by atoms with Crippen LogP contribution in [0.2, 0.25) is 0 Å². The Kier molecular flexibility index (Phi) is 15.3. The molecule has 0 aliphatic carbocycles. The lowest BCUT2D eigenvalue weighted by molar-refractivity contribution is -0.160. The molecule has 1 saturated heterocycles. The van der Waals surface area contributed by atoms with Crippen molar-refractivity contribution in [1.29, 1.82) is 0 Å². The van der Waals surface area contributed by atoms with E-state index in [4.69, 9.17) is 18.9 Å². The van der Waals surface area contributed by atoms with Gasteiger partial charge in [0, 0.05) is 78.8 Å². The van der Waals surface area contributed by atoms with Crippen molar-refractivity contribution in [2.45, 2.75) is 112 Å². The van der Waals surface area contributed by atoms with Crippen molar-refractivity contribution in [3.05, 3.63) is 88.7 Å². The molecule has 0 saturated carbocycles. The number of esters is 1. The van der Waals surface area contributed by atoms with Crippen LogP contribution in [0.3, 0.4) is 0 Å². The van der Waals surface area contributed by atoms with Gasteiger partial charge in [-0.2, -0.15) is 5.10 Å². The molecule has 6 N–H and O–H groups in total. The van der Waals surface area contributed by atoms with Gasteiger partial charge in [0.15, 0.2) is 5.75 Å². The second-order valence-electron chi connectivity index (χ2n) is 18.5. The molecule has 0 radical (unpaired) electrons. The lowest BCUT2D eigenvalue weighted by Crippen LogP contribution is -2.57. The number of phenols is 3. The summed E-state index contributed by atoms with van der Waals surface area (Å²) in [6.07, 6.45) is 4.62. The van der Waals surface area contributed by atoms with Gasteiger partial charge in [-0.1, -0.05) is 64.1 Å². The van der Waals surface area contributed by atoms with E-state index in [1.165, 1.54) is 59.4 Å². The summed E-state index contributed by atoms with van der Waals surface area (Å²) in [5, 5.41) is 67.6. The number of phenolic OH excluding ortho intramolecular Hbond substituents is 3. The molecule has 17 heteroatoms. The SMILES string of the molecule is COC1/C=C/OC2(C)Oc3c(C)c(O)c4c(O)c(c(/C=N/N5CC(C)N(C(=O)c6ccccc6)C(C)C5)c(O)c4c3C2=O)NC(=O)C(C)=C/C=C/C(C)C(O)C(C)C(O)C(C)C(OC(C)=O)C1C. The number of aliphatic hydroxyl groups excluding tert-OH is 2. The van der Waals surface area contributed by atoms with Crippen LogP contribution in [0.1, 0.15) is 94.2 Å². The lowest BCUT2D eigenvalue weighted by Gasteiger charge is -2.43. The molecule has 4 aliphatic rings. The third kappa shape index (κ3) is 9.78. The highest BCUT2D eigenvalue weighted by atomic mass is 16.7. The van der Waals surface area contributed by atoms with Gasteiger partial charge in [0.1, 0.15) is 23.4 Å². The molecular formula is C51H64N4O13.